The van der Waals surface area contributed by atoms with Crippen LogP contribution in [-0.2, 0) is 9.47 Å². The molecule has 1 amide bonds. The first-order valence-electron chi connectivity index (χ1n) is 4.62. The molecule has 0 bridgehead atoms. The maximum Gasteiger partial charge on any atom is 0.412 e. The third-order valence-electron chi connectivity index (χ3n) is 2.15. The normalized spacial score (nSPS) is 31.5. The number of carbonyl (C=O) groups is 1. The first-order valence-corrected chi connectivity index (χ1v) is 4.62. The van der Waals surface area contributed by atoms with Crippen molar-refractivity contribution in [3.63, 3.8) is 0 Å². The van der Waals surface area contributed by atoms with Gasteiger partial charge in [0.1, 0.15) is 11.7 Å². The molecule has 2 rings (SSSR count). The van der Waals surface area contributed by atoms with Crippen LogP contribution in [0, 0.1) is 0 Å². The average molecular weight is 185 g/mol. The second-order valence-corrected chi connectivity index (χ2v) is 4.53. The molecule has 2 heterocycles. The van der Waals surface area contributed by atoms with Crippen molar-refractivity contribution in [3.8, 4) is 0 Å². The van der Waals surface area contributed by atoms with Gasteiger partial charge in [-0.25, -0.2) is 4.79 Å². The molecule has 13 heavy (non-hydrogen) atoms. The zero-order valence-electron chi connectivity index (χ0n) is 8.24. The Labute approximate surface area is 77.8 Å². The van der Waals surface area contributed by atoms with Gasteiger partial charge >= 0.3 is 6.09 Å². The number of hydrogen-bond donors (Lipinski definition) is 0. The van der Waals surface area contributed by atoms with E-state index in [1.807, 2.05) is 20.8 Å². The highest BCUT2D eigenvalue weighted by molar-refractivity contribution is 5.69. The summed E-state index contributed by atoms with van der Waals surface area (Å²) in [5.41, 5.74) is -0.413. The van der Waals surface area contributed by atoms with Crippen LogP contribution in [0.4, 0.5) is 4.79 Å². The molecule has 2 aliphatic heterocycles. The van der Waals surface area contributed by atoms with Crippen LogP contribution in [0.1, 0.15) is 27.2 Å². The van der Waals surface area contributed by atoms with Crippen molar-refractivity contribution < 1.29 is 14.3 Å². The molecule has 0 N–H and O–H groups in total. The van der Waals surface area contributed by atoms with Gasteiger partial charge in [0.2, 0.25) is 0 Å². The minimum atomic E-state index is -0.413. The average Bonchev–Trinajstić information content (AvgIpc) is 2.59. The lowest BCUT2D eigenvalue weighted by molar-refractivity contribution is 0.0160. The number of rotatable bonds is 0. The highest BCUT2D eigenvalue weighted by atomic mass is 16.6. The first-order chi connectivity index (χ1) is 5.97. The van der Waals surface area contributed by atoms with Gasteiger partial charge in [-0.15, -0.1) is 0 Å². The van der Waals surface area contributed by atoms with Crippen molar-refractivity contribution in [2.24, 2.45) is 0 Å². The Kier molecular flexibility index (Phi) is 1.77. The summed E-state index contributed by atoms with van der Waals surface area (Å²) in [4.78, 5) is 13.2. The van der Waals surface area contributed by atoms with Gasteiger partial charge in [0.05, 0.1) is 0 Å². The van der Waals surface area contributed by atoms with E-state index in [1.54, 1.807) is 4.90 Å². The maximum atomic E-state index is 11.5. The minimum Gasteiger partial charge on any atom is -0.444 e. The number of ether oxygens (including phenoxy) is 2. The predicted octanol–water partition coefficient (Wildman–Crippen LogP) is 1.35. The maximum absolute atomic E-state index is 11.5. The SMILES string of the molecule is CC(C)(C)OC(=O)N1CCC2OC21. The van der Waals surface area contributed by atoms with Crippen molar-refractivity contribution >= 4 is 6.09 Å². The second kappa shape index (κ2) is 2.61. The van der Waals surface area contributed by atoms with E-state index in [1.165, 1.54) is 0 Å². The molecule has 0 radical (unpaired) electrons. The number of hydrogen-bond acceptors (Lipinski definition) is 3. The Balaban J connectivity index is 1.90. The van der Waals surface area contributed by atoms with Gasteiger partial charge in [0.25, 0.3) is 0 Å². The Bertz CT molecular complexity index is 234. The minimum absolute atomic E-state index is 0.00912. The molecule has 4 heteroatoms. The summed E-state index contributed by atoms with van der Waals surface area (Å²) < 4.78 is 10.5. The third kappa shape index (κ3) is 1.77. The molecular formula is C9H15NO3. The number of fused-ring (bicyclic) bond motifs is 1. The molecule has 0 spiro atoms. The Morgan fingerprint density at radius 3 is 2.62 bits per heavy atom. The summed E-state index contributed by atoms with van der Waals surface area (Å²) in [5.74, 6) is 0. The first kappa shape index (κ1) is 8.81. The topological polar surface area (TPSA) is 42.1 Å². The standard InChI is InChI=1S/C9H15NO3/c1-9(2,3)13-8(11)10-5-4-6-7(10)12-6/h6-7H,4-5H2,1-3H3. The van der Waals surface area contributed by atoms with Crippen LogP contribution in [0.25, 0.3) is 0 Å². The van der Waals surface area contributed by atoms with Crippen molar-refractivity contribution in [1.29, 1.82) is 0 Å². The number of amides is 1. The monoisotopic (exact) mass is 185 g/mol. The van der Waals surface area contributed by atoms with E-state index in [9.17, 15) is 4.79 Å². The van der Waals surface area contributed by atoms with Crippen LogP contribution < -0.4 is 0 Å². The van der Waals surface area contributed by atoms with Crippen LogP contribution in [0.5, 0.6) is 0 Å². The van der Waals surface area contributed by atoms with Crippen molar-refractivity contribution in [1.82, 2.24) is 4.90 Å². The Hall–Kier alpha value is -0.770. The smallest absolute Gasteiger partial charge is 0.412 e. The molecular weight excluding hydrogens is 170 g/mol. The van der Waals surface area contributed by atoms with Gasteiger partial charge < -0.3 is 9.47 Å². The Morgan fingerprint density at radius 2 is 2.23 bits per heavy atom. The molecule has 0 saturated carbocycles. The van der Waals surface area contributed by atoms with Crippen molar-refractivity contribution in [2.45, 2.75) is 45.1 Å². The lowest BCUT2D eigenvalue weighted by atomic mass is 10.2. The number of epoxide rings is 1. The van der Waals surface area contributed by atoms with E-state index in [-0.39, 0.29) is 18.4 Å². The molecule has 0 aromatic carbocycles. The molecule has 4 nitrogen and oxygen atoms in total. The van der Waals surface area contributed by atoms with E-state index in [2.05, 4.69) is 0 Å². The molecule has 2 unspecified atom stereocenters. The number of likely N-dealkylation sites (tertiary alicyclic amines) is 1. The largest absolute Gasteiger partial charge is 0.444 e. The van der Waals surface area contributed by atoms with Crippen LogP contribution in [-0.4, -0.2) is 35.5 Å². The molecule has 2 fully saturated rings. The third-order valence-corrected chi connectivity index (χ3v) is 2.15. The second-order valence-electron chi connectivity index (χ2n) is 4.53. The highest BCUT2D eigenvalue weighted by Crippen LogP contribution is 2.36. The van der Waals surface area contributed by atoms with Crippen LogP contribution in [0.15, 0.2) is 0 Å². The van der Waals surface area contributed by atoms with Gasteiger partial charge in [-0.05, 0) is 27.2 Å². The summed E-state index contributed by atoms with van der Waals surface area (Å²) >= 11 is 0. The predicted molar refractivity (Wildman–Crippen MR) is 46.2 cm³/mol. The molecule has 0 aromatic rings. The lowest BCUT2D eigenvalue weighted by Crippen LogP contribution is -2.37. The highest BCUT2D eigenvalue weighted by Gasteiger charge is 2.52. The molecule has 0 aromatic heterocycles. The summed E-state index contributed by atoms with van der Waals surface area (Å²) in [6.07, 6.45) is 0.990. The number of carbonyl (C=O) groups excluding carboxylic acids is 1. The van der Waals surface area contributed by atoms with Crippen LogP contribution >= 0.6 is 0 Å². The molecule has 2 aliphatic rings. The summed E-state index contributed by atoms with van der Waals surface area (Å²) in [5, 5.41) is 0. The van der Waals surface area contributed by atoms with Crippen LogP contribution in [0.3, 0.4) is 0 Å². The lowest BCUT2D eigenvalue weighted by Gasteiger charge is -2.24. The quantitative estimate of drug-likeness (QED) is 0.535. The zero-order chi connectivity index (χ0) is 9.64. The van der Waals surface area contributed by atoms with E-state index >= 15 is 0 Å². The van der Waals surface area contributed by atoms with E-state index in [0.29, 0.717) is 0 Å². The van der Waals surface area contributed by atoms with Gasteiger partial charge in [-0.3, -0.25) is 4.90 Å². The number of nitrogens with zero attached hydrogens (tertiary/aromatic N) is 1. The fourth-order valence-corrected chi connectivity index (χ4v) is 1.53. The fraction of sp³-hybridized carbons (Fsp3) is 0.889. The summed E-state index contributed by atoms with van der Waals surface area (Å²) in [7, 11) is 0. The van der Waals surface area contributed by atoms with E-state index in [0.717, 1.165) is 13.0 Å². The van der Waals surface area contributed by atoms with Gasteiger partial charge in [0.15, 0.2) is 6.23 Å². The zero-order valence-corrected chi connectivity index (χ0v) is 8.24. The summed E-state index contributed by atoms with van der Waals surface area (Å²) in [6, 6.07) is 0. The van der Waals surface area contributed by atoms with Crippen molar-refractivity contribution in [2.75, 3.05) is 6.54 Å². The molecule has 74 valence electrons. The van der Waals surface area contributed by atoms with Gasteiger partial charge in [0, 0.05) is 6.54 Å². The van der Waals surface area contributed by atoms with Gasteiger partial charge in [-0.1, -0.05) is 0 Å². The van der Waals surface area contributed by atoms with E-state index < -0.39 is 5.60 Å². The van der Waals surface area contributed by atoms with Crippen LogP contribution in [0.2, 0.25) is 0 Å². The fourth-order valence-electron chi connectivity index (χ4n) is 1.53. The van der Waals surface area contributed by atoms with Crippen molar-refractivity contribution in [3.05, 3.63) is 0 Å². The molecule has 0 aliphatic carbocycles. The van der Waals surface area contributed by atoms with Gasteiger partial charge in [-0.2, -0.15) is 0 Å². The Morgan fingerprint density at radius 1 is 1.54 bits per heavy atom. The van der Waals surface area contributed by atoms with E-state index in [4.69, 9.17) is 9.47 Å². The summed E-state index contributed by atoms with van der Waals surface area (Å²) in [6.45, 7) is 6.37. The molecule has 2 saturated heterocycles. The molecule has 2 atom stereocenters.